The highest BCUT2D eigenvalue weighted by molar-refractivity contribution is 5.78. The molecule has 0 aliphatic rings. The SMILES string of the molecule is COCC(=O)NC(CC(=O)O)CC(C)(C)C. The summed E-state index contributed by atoms with van der Waals surface area (Å²) in [5, 5.41) is 11.4. The van der Waals surface area contributed by atoms with Crippen LogP contribution in [0, 0.1) is 5.41 Å². The molecule has 1 amide bonds. The molecule has 16 heavy (non-hydrogen) atoms. The topological polar surface area (TPSA) is 75.6 Å². The Balaban J connectivity index is 4.31. The van der Waals surface area contributed by atoms with Crippen LogP contribution in [-0.4, -0.2) is 36.7 Å². The first-order valence-electron chi connectivity index (χ1n) is 5.24. The number of methoxy groups -OCH3 is 1. The molecule has 0 aliphatic carbocycles. The van der Waals surface area contributed by atoms with Gasteiger partial charge in [0.05, 0.1) is 6.42 Å². The Morgan fingerprint density at radius 3 is 2.31 bits per heavy atom. The Kier molecular flexibility index (Phi) is 6.03. The monoisotopic (exact) mass is 231 g/mol. The fraction of sp³-hybridized carbons (Fsp3) is 0.818. The summed E-state index contributed by atoms with van der Waals surface area (Å²) in [6.07, 6.45) is 0.557. The summed E-state index contributed by atoms with van der Waals surface area (Å²) in [6, 6.07) is -0.347. The van der Waals surface area contributed by atoms with Crippen molar-refractivity contribution in [3.8, 4) is 0 Å². The van der Waals surface area contributed by atoms with Gasteiger partial charge in [-0.1, -0.05) is 20.8 Å². The van der Waals surface area contributed by atoms with E-state index in [1.54, 1.807) is 0 Å². The Morgan fingerprint density at radius 2 is 1.94 bits per heavy atom. The standard InChI is InChI=1S/C11H21NO4/c1-11(2,3)6-8(5-10(14)15)12-9(13)7-16-4/h8H,5-7H2,1-4H3,(H,12,13)(H,14,15). The lowest BCUT2D eigenvalue weighted by Crippen LogP contribution is -2.40. The molecule has 0 aliphatic heterocycles. The van der Waals surface area contributed by atoms with Crippen LogP contribution in [0.5, 0.6) is 0 Å². The molecular weight excluding hydrogens is 210 g/mol. The van der Waals surface area contributed by atoms with E-state index in [1.165, 1.54) is 7.11 Å². The average Bonchev–Trinajstić information content (AvgIpc) is 1.98. The molecule has 0 fully saturated rings. The van der Waals surface area contributed by atoms with Crippen LogP contribution < -0.4 is 5.32 Å². The van der Waals surface area contributed by atoms with Gasteiger partial charge in [-0.25, -0.2) is 0 Å². The predicted octanol–water partition coefficient (Wildman–Crippen LogP) is 1.03. The number of amides is 1. The molecule has 5 heteroatoms. The Labute approximate surface area is 96.2 Å². The highest BCUT2D eigenvalue weighted by Crippen LogP contribution is 2.22. The molecule has 0 saturated carbocycles. The highest BCUT2D eigenvalue weighted by Gasteiger charge is 2.22. The number of nitrogens with one attached hydrogen (secondary N) is 1. The second kappa shape index (κ2) is 6.48. The van der Waals surface area contributed by atoms with Crippen molar-refractivity contribution in [1.82, 2.24) is 5.32 Å². The highest BCUT2D eigenvalue weighted by atomic mass is 16.5. The maximum Gasteiger partial charge on any atom is 0.305 e. The van der Waals surface area contributed by atoms with Crippen molar-refractivity contribution < 1.29 is 19.4 Å². The zero-order chi connectivity index (χ0) is 12.8. The molecule has 0 aromatic rings. The van der Waals surface area contributed by atoms with E-state index >= 15 is 0 Å². The number of ether oxygens (including phenoxy) is 1. The first-order valence-corrected chi connectivity index (χ1v) is 5.24. The van der Waals surface area contributed by atoms with Crippen LogP contribution in [0.1, 0.15) is 33.6 Å². The first-order chi connectivity index (χ1) is 7.24. The molecule has 0 aromatic heterocycles. The molecule has 5 nitrogen and oxygen atoms in total. The molecule has 0 saturated heterocycles. The van der Waals surface area contributed by atoms with Gasteiger partial charge in [-0.15, -0.1) is 0 Å². The van der Waals surface area contributed by atoms with Gasteiger partial charge in [0, 0.05) is 13.2 Å². The van der Waals surface area contributed by atoms with Crippen LogP contribution in [0.15, 0.2) is 0 Å². The van der Waals surface area contributed by atoms with E-state index in [0.717, 1.165) is 0 Å². The molecule has 0 heterocycles. The third-order valence-electron chi connectivity index (χ3n) is 1.92. The number of rotatable bonds is 6. The molecule has 1 atom stereocenters. The number of aliphatic carboxylic acids is 1. The van der Waals surface area contributed by atoms with Gasteiger partial charge >= 0.3 is 5.97 Å². The van der Waals surface area contributed by atoms with Gasteiger partial charge in [-0.05, 0) is 11.8 Å². The summed E-state index contributed by atoms with van der Waals surface area (Å²) in [6.45, 7) is 5.97. The van der Waals surface area contributed by atoms with E-state index in [2.05, 4.69) is 10.1 Å². The number of carboxylic acids is 1. The summed E-state index contributed by atoms with van der Waals surface area (Å²) in [5.41, 5.74) is -0.0273. The van der Waals surface area contributed by atoms with E-state index in [9.17, 15) is 9.59 Å². The molecule has 0 rings (SSSR count). The molecule has 0 bridgehead atoms. The van der Waals surface area contributed by atoms with Gasteiger partial charge in [0.1, 0.15) is 6.61 Å². The second-order valence-electron chi connectivity index (χ2n) is 5.06. The normalized spacial score (nSPS) is 13.2. The smallest absolute Gasteiger partial charge is 0.305 e. The van der Waals surface area contributed by atoms with Crippen LogP contribution in [0.25, 0.3) is 0 Å². The lowest BCUT2D eigenvalue weighted by atomic mass is 9.87. The fourth-order valence-electron chi connectivity index (χ4n) is 1.52. The van der Waals surface area contributed by atoms with Crippen molar-refractivity contribution in [3.05, 3.63) is 0 Å². The summed E-state index contributed by atoms with van der Waals surface area (Å²) >= 11 is 0. The van der Waals surface area contributed by atoms with Gasteiger partial charge < -0.3 is 15.2 Å². The van der Waals surface area contributed by atoms with Gasteiger partial charge in [-0.3, -0.25) is 9.59 Å². The third kappa shape index (κ3) is 8.23. The summed E-state index contributed by atoms with van der Waals surface area (Å²) in [4.78, 5) is 21.9. The molecule has 2 N–H and O–H groups in total. The van der Waals surface area contributed by atoms with Gasteiger partial charge in [0.2, 0.25) is 5.91 Å². The first kappa shape index (κ1) is 14.9. The summed E-state index contributed by atoms with van der Waals surface area (Å²) in [7, 11) is 1.43. The van der Waals surface area contributed by atoms with E-state index in [4.69, 9.17) is 5.11 Å². The van der Waals surface area contributed by atoms with Crippen LogP contribution in [0.4, 0.5) is 0 Å². The number of carboxylic acid groups (broad SMARTS) is 1. The Bertz CT molecular complexity index is 245. The Morgan fingerprint density at radius 1 is 1.38 bits per heavy atom. The minimum Gasteiger partial charge on any atom is -0.481 e. The van der Waals surface area contributed by atoms with Crippen molar-refractivity contribution in [1.29, 1.82) is 0 Å². The number of carbonyl (C=O) groups excluding carboxylic acids is 1. The zero-order valence-electron chi connectivity index (χ0n) is 10.4. The number of hydrogen-bond donors (Lipinski definition) is 2. The van der Waals surface area contributed by atoms with E-state index in [-0.39, 0.29) is 30.4 Å². The van der Waals surface area contributed by atoms with E-state index < -0.39 is 5.97 Å². The lowest BCUT2D eigenvalue weighted by molar-refractivity contribution is -0.138. The van der Waals surface area contributed by atoms with E-state index in [1.807, 2.05) is 20.8 Å². The van der Waals surface area contributed by atoms with Crippen LogP contribution in [0.3, 0.4) is 0 Å². The maximum absolute atomic E-state index is 11.3. The minimum atomic E-state index is -0.910. The number of hydrogen-bond acceptors (Lipinski definition) is 3. The molecule has 1 unspecified atom stereocenters. The van der Waals surface area contributed by atoms with Gasteiger partial charge in [-0.2, -0.15) is 0 Å². The predicted molar refractivity (Wildman–Crippen MR) is 60.1 cm³/mol. The van der Waals surface area contributed by atoms with E-state index in [0.29, 0.717) is 6.42 Å². The van der Waals surface area contributed by atoms with Crippen LogP contribution >= 0.6 is 0 Å². The molecule has 0 spiro atoms. The molecular formula is C11H21NO4. The average molecular weight is 231 g/mol. The Hall–Kier alpha value is -1.10. The largest absolute Gasteiger partial charge is 0.481 e. The molecule has 0 aromatic carbocycles. The van der Waals surface area contributed by atoms with Crippen molar-refractivity contribution in [3.63, 3.8) is 0 Å². The third-order valence-corrected chi connectivity index (χ3v) is 1.92. The van der Waals surface area contributed by atoms with Gasteiger partial charge in [0.15, 0.2) is 0 Å². The lowest BCUT2D eigenvalue weighted by Gasteiger charge is -2.25. The second-order valence-corrected chi connectivity index (χ2v) is 5.06. The maximum atomic E-state index is 11.3. The zero-order valence-corrected chi connectivity index (χ0v) is 10.4. The quantitative estimate of drug-likeness (QED) is 0.716. The molecule has 94 valence electrons. The number of carbonyl (C=O) groups is 2. The van der Waals surface area contributed by atoms with Crippen LogP contribution in [-0.2, 0) is 14.3 Å². The van der Waals surface area contributed by atoms with Gasteiger partial charge in [0.25, 0.3) is 0 Å². The van der Waals surface area contributed by atoms with Crippen molar-refractivity contribution in [2.45, 2.75) is 39.7 Å². The fourth-order valence-corrected chi connectivity index (χ4v) is 1.52. The summed E-state index contributed by atoms with van der Waals surface area (Å²) in [5.74, 6) is -1.19. The van der Waals surface area contributed by atoms with Crippen LogP contribution in [0.2, 0.25) is 0 Å². The van der Waals surface area contributed by atoms with Crippen molar-refractivity contribution in [2.24, 2.45) is 5.41 Å². The van der Waals surface area contributed by atoms with Crippen molar-refractivity contribution >= 4 is 11.9 Å². The summed E-state index contributed by atoms with van der Waals surface area (Å²) < 4.78 is 4.68. The molecule has 0 radical (unpaired) electrons. The minimum absolute atomic E-state index is 0.0273. The van der Waals surface area contributed by atoms with Crippen molar-refractivity contribution in [2.75, 3.05) is 13.7 Å².